The van der Waals surface area contributed by atoms with Crippen LogP contribution in [0.5, 0.6) is 0 Å². The largest absolute Gasteiger partial charge is 0.478 e. The van der Waals surface area contributed by atoms with Crippen molar-refractivity contribution in [2.24, 2.45) is 0 Å². The summed E-state index contributed by atoms with van der Waals surface area (Å²) >= 11 is 12.2. The Morgan fingerprint density at radius 1 is 1.03 bits per heavy atom. The number of para-hydroxylation sites is 1. The van der Waals surface area contributed by atoms with Crippen LogP contribution in [0.1, 0.15) is 20.7 Å². The minimum absolute atomic E-state index is 0.0496. The average molecular weight is 459 g/mol. The normalized spacial score (nSPS) is 15.1. The Labute approximate surface area is 177 Å². The summed E-state index contributed by atoms with van der Waals surface area (Å²) < 4.78 is 32.2. The van der Waals surface area contributed by atoms with E-state index < -0.39 is 21.9 Å². The van der Waals surface area contributed by atoms with Gasteiger partial charge in [-0.3, -0.25) is 4.79 Å². The second-order valence-corrected chi connectivity index (χ2v) is 8.80. The number of aromatic carboxylic acids is 1. The van der Waals surface area contributed by atoms with Crippen LogP contribution in [0.4, 0.5) is 5.69 Å². The Morgan fingerprint density at radius 2 is 1.69 bits per heavy atom. The van der Waals surface area contributed by atoms with Crippen molar-refractivity contribution >= 4 is 50.8 Å². The number of anilines is 1. The van der Waals surface area contributed by atoms with Crippen LogP contribution >= 0.6 is 23.2 Å². The van der Waals surface area contributed by atoms with Gasteiger partial charge in [0.25, 0.3) is 5.91 Å². The van der Waals surface area contributed by atoms with Gasteiger partial charge < -0.3 is 15.2 Å². The maximum Gasteiger partial charge on any atom is 0.337 e. The first kappa shape index (κ1) is 21.5. The standard InChI is InChI=1S/C18H16Cl2N2O6S/c19-13-10-14(20)16(29(26,27)22-5-7-28-8-6-22)9-12(13)17(23)21-15-4-2-1-3-11(15)18(24)25/h1-4,9-10H,5-8H2,(H,21,23)(H,24,25). The highest BCUT2D eigenvalue weighted by molar-refractivity contribution is 7.89. The van der Waals surface area contributed by atoms with Gasteiger partial charge in [0.05, 0.1) is 40.1 Å². The van der Waals surface area contributed by atoms with Gasteiger partial charge in [0.15, 0.2) is 0 Å². The van der Waals surface area contributed by atoms with Crippen molar-refractivity contribution in [3.8, 4) is 0 Å². The summed E-state index contributed by atoms with van der Waals surface area (Å²) in [5, 5.41) is 11.5. The number of rotatable bonds is 5. The number of ether oxygens (including phenoxy) is 1. The van der Waals surface area contributed by atoms with Crippen LogP contribution < -0.4 is 5.32 Å². The number of hydrogen-bond acceptors (Lipinski definition) is 5. The molecule has 0 unspecified atom stereocenters. The lowest BCUT2D eigenvalue weighted by molar-refractivity contribution is 0.0698. The quantitative estimate of drug-likeness (QED) is 0.711. The zero-order valence-corrected chi connectivity index (χ0v) is 17.2. The summed E-state index contributed by atoms with van der Waals surface area (Å²) in [7, 11) is -3.97. The molecule has 0 aliphatic carbocycles. The van der Waals surface area contributed by atoms with Crippen LogP contribution in [0.15, 0.2) is 41.3 Å². The Kier molecular flexibility index (Phi) is 6.45. The molecule has 8 nitrogen and oxygen atoms in total. The molecule has 3 rings (SSSR count). The highest BCUT2D eigenvalue weighted by Crippen LogP contribution is 2.31. The Hall–Kier alpha value is -2.17. The van der Waals surface area contributed by atoms with Crippen LogP contribution in [-0.4, -0.2) is 56.0 Å². The number of benzene rings is 2. The van der Waals surface area contributed by atoms with E-state index in [1.54, 1.807) is 6.07 Å². The summed E-state index contributed by atoms with van der Waals surface area (Å²) in [6, 6.07) is 8.08. The van der Waals surface area contributed by atoms with Crippen molar-refractivity contribution in [1.29, 1.82) is 0 Å². The number of hydrogen-bond donors (Lipinski definition) is 2. The highest BCUT2D eigenvalue weighted by atomic mass is 35.5. The first-order chi connectivity index (χ1) is 13.7. The molecule has 154 valence electrons. The number of carbonyl (C=O) groups is 2. The van der Waals surface area contributed by atoms with E-state index >= 15 is 0 Å². The van der Waals surface area contributed by atoms with Gasteiger partial charge in [-0.15, -0.1) is 0 Å². The van der Waals surface area contributed by atoms with Crippen molar-refractivity contribution in [3.63, 3.8) is 0 Å². The molecule has 0 saturated carbocycles. The molecule has 1 aliphatic rings. The number of morpholine rings is 1. The van der Waals surface area contributed by atoms with Crippen LogP contribution in [0.2, 0.25) is 10.0 Å². The van der Waals surface area contributed by atoms with Gasteiger partial charge in [0.1, 0.15) is 4.90 Å². The third kappa shape index (κ3) is 4.54. The molecule has 0 spiro atoms. The minimum atomic E-state index is -3.97. The second kappa shape index (κ2) is 8.68. The fourth-order valence-corrected chi connectivity index (χ4v) is 5.04. The molecule has 1 saturated heterocycles. The van der Waals surface area contributed by atoms with Crippen molar-refractivity contribution in [2.45, 2.75) is 4.90 Å². The van der Waals surface area contributed by atoms with Crippen molar-refractivity contribution in [2.75, 3.05) is 31.6 Å². The zero-order chi connectivity index (χ0) is 21.2. The van der Waals surface area contributed by atoms with E-state index in [0.29, 0.717) is 0 Å². The lowest BCUT2D eigenvalue weighted by Crippen LogP contribution is -2.40. The number of carbonyl (C=O) groups excluding carboxylic acids is 1. The molecule has 29 heavy (non-hydrogen) atoms. The van der Waals surface area contributed by atoms with E-state index in [2.05, 4.69) is 5.32 Å². The number of amides is 1. The first-order valence-corrected chi connectivity index (χ1v) is 10.6. The fraction of sp³-hybridized carbons (Fsp3) is 0.222. The minimum Gasteiger partial charge on any atom is -0.478 e. The highest BCUT2D eigenvalue weighted by Gasteiger charge is 2.30. The van der Waals surface area contributed by atoms with Gasteiger partial charge in [-0.05, 0) is 24.3 Å². The van der Waals surface area contributed by atoms with Gasteiger partial charge >= 0.3 is 5.97 Å². The molecule has 2 aromatic carbocycles. The molecule has 11 heteroatoms. The molecule has 1 heterocycles. The number of carboxylic acid groups (broad SMARTS) is 1. The maximum atomic E-state index is 12.9. The lowest BCUT2D eigenvalue weighted by atomic mass is 10.1. The lowest BCUT2D eigenvalue weighted by Gasteiger charge is -2.26. The first-order valence-electron chi connectivity index (χ1n) is 8.42. The van der Waals surface area contributed by atoms with E-state index in [-0.39, 0.29) is 58.1 Å². The molecule has 1 aliphatic heterocycles. The van der Waals surface area contributed by atoms with Gasteiger partial charge in [-0.1, -0.05) is 35.3 Å². The van der Waals surface area contributed by atoms with E-state index in [9.17, 15) is 23.1 Å². The summed E-state index contributed by atoms with van der Waals surface area (Å²) in [4.78, 5) is 23.8. The van der Waals surface area contributed by atoms with Gasteiger partial charge in [-0.2, -0.15) is 4.31 Å². The molecule has 1 fully saturated rings. The Morgan fingerprint density at radius 3 is 2.34 bits per heavy atom. The van der Waals surface area contributed by atoms with Crippen LogP contribution in [0.3, 0.4) is 0 Å². The van der Waals surface area contributed by atoms with Crippen molar-refractivity contribution < 1.29 is 27.9 Å². The van der Waals surface area contributed by atoms with Gasteiger partial charge in [0, 0.05) is 13.1 Å². The van der Waals surface area contributed by atoms with Crippen molar-refractivity contribution in [3.05, 3.63) is 57.6 Å². The summed E-state index contributed by atoms with van der Waals surface area (Å²) in [5.74, 6) is -1.99. The fourth-order valence-electron chi connectivity index (χ4n) is 2.80. The molecule has 0 bridgehead atoms. The number of nitrogens with one attached hydrogen (secondary N) is 1. The van der Waals surface area contributed by atoms with E-state index in [1.165, 1.54) is 28.6 Å². The second-order valence-electron chi connectivity index (χ2n) is 6.08. The monoisotopic (exact) mass is 458 g/mol. The SMILES string of the molecule is O=C(Nc1ccccc1C(=O)O)c1cc(S(=O)(=O)N2CCOCC2)c(Cl)cc1Cl. The van der Waals surface area contributed by atoms with Crippen molar-refractivity contribution in [1.82, 2.24) is 4.31 Å². The molecule has 0 radical (unpaired) electrons. The number of carboxylic acids is 1. The average Bonchev–Trinajstić information content (AvgIpc) is 2.68. The van der Waals surface area contributed by atoms with E-state index in [1.807, 2.05) is 0 Å². The molecule has 1 amide bonds. The van der Waals surface area contributed by atoms with Crippen LogP contribution in [0.25, 0.3) is 0 Å². The number of halogens is 2. The summed E-state index contributed by atoms with van der Waals surface area (Å²) in [5.41, 5.74) is -0.219. The molecular formula is C18H16Cl2N2O6S. The van der Waals surface area contributed by atoms with Gasteiger partial charge in [-0.25, -0.2) is 13.2 Å². The molecule has 2 aromatic rings. The molecule has 0 atom stereocenters. The Bertz CT molecular complexity index is 1070. The molecular weight excluding hydrogens is 443 g/mol. The molecule has 2 N–H and O–H groups in total. The topological polar surface area (TPSA) is 113 Å². The molecule has 0 aromatic heterocycles. The maximum absolute atomic E-state index is 12.9. The van der Waals surface area contributed by atoms with Crippen LogP contribution in [-0.2, 0) is 14.8 Å². The Balaban J connectivity index is 1.97. The third-order valence-electron chi connectivity index (χ3n) is 4.26. The van der Waals surface area contributed by atoms with Gasteiger partial charge in [0.2, 0.25) is 10.0 Å². The van der Waals surface area contributed by atoms with Crippen LogP contribution in [0, 0.1) is 0 Å². The third-order valence-corrected chi connectivity index (χ3v) is 6.94. The summed E-state index contributed by atoms with van der Waals surface area (Å²) in [6.45, 7) is 0.830. The smallest absolute Gasteiger partial charge is 0.337 e. The predicted octanol–water partition coefficient (Wildman–Crippen LogP) is 2.96. The zero-order valence-electron chi connectivity index (χ0n) is 14.9. The van der Waals surface area contributed by atoms with E-state index in [4.69, 9.17) is 27.9 Å². The predicted molar refractivity (Wildman–Crippen MR) is 107 cm³/mol. The number of nitrogens with zero attached hydrogens (tertiary/aromatic N) is 1. The van der Waals surface area contributed by atoms with E-state index in [0.717, 1.165) is 6.07 Å². The number of sulfonamides is 1. The summed E-state index contributed by atoms with van der Waals surface area (Å²) in [6.07, 6.45) is 0.